The highest BCUT2D eigenvalue weighted by Crippen LogP contribution is 2.32. The molecule has 4 heteroatoms. The van der Waals surface area contributed by atoms with Crippen LogP contribution < -0.4 is 15.1 Å². The Labute approximate surface area is 128 Å². The van der Waals surface area contributed by atoms with Gasteiger partial charge in [-0.1, -0.05) is 12.1 Å². The van der Waals surface area contributed by atoms with Crippen LogP contribution in [-0.4, -0.2) is 38.3 Å². The molecule has 0 bridgehead atoms. The molecule has 2 rings (SSSR count). The van der Waals surface area contributed by atoms with Crippen molar-refractivity contribution in [2.24, 2.45) is 0 Å². The van der Waals surface area contributed by atoms with Gasteiger partial charge in [0.05, 0.1) is 17.4 Å². The minimum Gasteiger partial charge on any atom is -0.371 e. The Balaban J connectivity index is 2.08. The molecule has 0 saturated heterocycles. The smallest absolute Gasteiger partial charge is 0.105 e. The molecule has 0 radical (unpaired) electrons. The van der Waals surface area contributed by atoms with Gasteiger partial charge in [0.2, 0.25) is 0 Å². The molecule has 1 aromatic carbocycles. The Hall–Kier alpha value is -1.73. The molecule has 1 heterocycles. The highest BCUT2D eigenvalue weighted by molar-refractivity contribution is 5.73. The van der Waals surface area contributed by atoms with Crippen molar-refractivity contribution in [1.82, 2.24) is 5.32 Å². The van der Waals surface area contributed by atoms with E-state index in [-0.39, 0.29) is 0 Å². The minimum absolute atomic E-state index is 0.314. The predicted octanol–water partition coefficient (Wildman–Crippen LogP) is 2.61. The maximum Gasteiger partial charge on any atom is 0.105 e. The molecule has 1 N–H and O–H groups in total. The number of rotatable bonds is 5. The Kier molecular flexibility index (Phi) is 4.74. The Morgan fingerprint density at radius 2 is 1.95 bits per heavy atom. The molecule has 4 nitrogen and oxygen atoms in total. The number of fused-ring (bicyclic) bond motifs is 1. The lowest BCUT2D eigenvalue weighted by Gasteiger charge is -2.38. The van der Waals surface area contributed by atoms with Crippen molar-refractivity contribution in [3.05, 3.63) is 24.3 Å². The summed E-state index contributed by atoms with van der Waals surface area (Å²) >= 11 is 0. The molecular weight excluding hydrogens is 260 g/mol. The Bertz CT molecular complexity index is 520. The lowest BCUT2D eigenvalue weighted by atomic mass is 9.98. The summed E-state index contributed by atoms with van der Waals surface area (Å²) in [5.74, 6) is 0. The summed E-state index contributed by atoms with van der Waals surface area (Å²) in [5.41, 5.74) is 2.09. The fraction of sp³-hybridized carbons (Fsp3) is 0.588. The van der Waals surface area contributed by atoms with Crippen LogP contribution in [0.3, 0.4) is 0 Å². The first-order valence-electron chi connectivity index (χ1n) is 7.69. The lowest BCUT2D eigenvalue weighted by molar-refractivity contribution is 0.382. The van der Waals surface area contributed by atoms with Gasteiger partial charge in [-0.2, -0.15) is 5.26 Å². The summed E-state index contributed by atoms with van der Waals surface area (Å²) in [5, 5.41) is 12.8. The standard InChI is InChI=1S/C17H26N4/c1-14(2)19-17(3,13-18)9-10-21-12-11-20(4)15-7-5-6-8-16(15)21/h5-8,14,19H,9-12H2,1-4H3. The highest BCUT2D eigenvalue weighted by Gasteiger charge is 2.27. The fourth-order valence-electron chi connectivity index (χ4n) is 2.95. The van der Waals surface area contributed by atoms with E-state index in [9.17, 15) is 5.26 Å². The number of anilines is 2. The van der Waals surface area contributed by atoms with Crippen LogP contribution in [0.4, 0.5) is 11.4 Å². The van der Waals surface area contributed by atoms with Crippen LogP contribution in [-0.2, 0) is 0 Å². The number of benzene rings is 1. The summed E-state index contributed by atoms with van der Waals surface area (Å²) in [6.07, 6.45) is 0.819. The molecule has 1 aliphatic rings. The summed E-state index contributed by atoms with van der Waals surface area (Å²) in [6.45, 7) is 9.10. The molecule has 1 aromatic rings. The zero-order valence-corrected chi connectivity index (χ0v) is 13.6. The van der Waals surface area contributed by atoms with Crippen molar-refractivity contribution in [2.45, 2.75) is 38.8 Å². The Morgan fingerprint density at radius 3 is 2.57 bits per heavy atom. The summed E-state index contributed by atoms with van der Waals surface area (Å²) < 4.78 is 0. The zero-order chi connectivity index (χ0) is 15.5. The molecule has 21 heavy (non-hydrogen) atoms. The lowest BCUT2D eigenvalue weighted by Crippen LogP contribution is -2.48. The maximum absolute atomic E-state index is 9.46. The van der Waals surface area contributed by atoms with Gasteiger partial charge in [0.1, 0.15) is 5.54 Å². The number of likely N-dealkylation sites (N-methyl/N-ethyl adjacent to an activating group) is 1. The first-order chi connectivity index (χ1) is 9.95. The molecular formula is C17H26N4. The largest absolute Gasteiger partial charge is 0.371 e. The van der Waals surface area contributed by atoms with Crippen molar-refractivity contribution < 1.29 is 0 Å². The van der Waals surface area contributed by atoms with Crippen molar-refractivity contribution in [2.75, 3.05) is 36.5 Å². The third-order valence-electron chi connectivity index (χ3n) is 4.07. The van der Waals surface area contributed by atoms with Crippen LogP contribution in [0.1, 0.15) is 27.2 Å². The van der Waals surface area contributed by atoms with E-state index in [4.69, 9.17) is 0 Å². The van der Waals surface area contributed by atoms with Gasteiger partial charge in [-0.3, -0.25) is 5.32 Å². The van der Waals surface area contributed by atoms with E-state index in [1.165, 1.54) is 11.4 Å². The second kappa shape index (κ2) is 6.36. The normalized spacial score (nSPS) is 17.3. The number of hydrogen-bond acceptors (Lipinski definition) is 4. The van der Waals surface area contributed by atoms with Crippen LogP contribution in [0.2, 0.25) is 0 Å². The number of nitrogens with zero attached hydrogens (tertiary/aromatic N) is 3. The SMILES string of the molecule is CC(C)NC(C)(C#N)CCN1CCN(C)c2ccccc21. The van der Waals surface area contributed by atoms with Crippen LogP contribution in [0.15, 0.2) is 24.3 Å². The first kappa shape index (κ1) is 15.7. The minimum atomic E-state index is -0.466. The quantitative estimate of drug-likeness (QED) is 0.903. The number of nitriles is 1. The van der Waals surface area contributed by atoms with E-state index in [2.05, 4.69) is 66.3 Å². The molecule has 0 fully saturated rings. The van der Waals surface area contributed by atoms with Crippen molar-refractivity contribution in [3.63, 3.8) is 0 Å². The van der Waals surface area contributed by atoms with E-state index >= 15 is 0 Å². The Morgan fingerprint density at radius 1 is 1.29 bits per heavy atom. The first-order valence-corrected chi connectivity index (χ1v) is 7.69. The number of para-hydroxylation sites is 2. The summed E-state index contributed by atoms with van der Waals surface area (Å²) in [4.78, 5) is 4.69. The average molecular weight is 286 g/mol. The third kappa shape index (κ3) is 3.68. The fourth-order valence-corrected chi connectivity index (χ4v) is 2.95. The van der Waals surface area contributed by atoms with E-state index in [1.807, 2.05) is 6.92 Å². The second-order valence-electron chi connectivity index (χ2n) is 6.39. The zero-order valence-electron chi connectivity index (χ0n) is 13.6. The van der Waals surface area contributed by atoms with Gasteiger partial charge in [-0.15, -0.1) is 0 Å². The van der Waals surface area contributed by atoms with Crippen LogP contribution in [0, 0.1) is 11.3 Å². The molecule has 1 atom stereocenters. The summed E-state index contributed by atoms with van der Waals surface area (Å²) in [7, 11) is 2.13. The molecule has 1 aliphatic heterocycles. The van der Waals surface area contributed by atoms with Crippen LogP contribution in [0.5, 0.6) is 0 Å². The second-order valence-corrected chi connectivity index (χ2v) is 6.39. The van der Waals surface area contributed by atoms with E-state index in [0.29, 0.717) is 6.04 Å². The van der Waals surface area contributed by atoms with Gasteiger partial charge in [0.25, 0.3) is 0 Å². The molecule has 0 spiro atoms. The van der Waals surface area contributed by atoms with Crippen LogP contribution in [0.25, 0.3) is 0 Å². The molecule has 1 unspecified atom stereocenters. The van der Waals surface area contributed by atoms with Crippen molar-refractivity contribution in [1.29, 1.82) is 5.26 Å². The third-order valence-corrected chi connectivity index (χ3v) is 4.07. The van der Waals surface area contributed by atoms with Gasteiger partial charge in [0.15, 0.2) is 0 Å². The van der Waals surface area contributed by atoms with Gasteiger partial charge < -0.3 is 9.80 Å². The van der Waals surface area contributed by atoms with E-state index in [0.717, 1.165) is 26.1 Å². The van der Waals surface area contributed by atoms with Gasteiger partial charge in [-0.05, 0) is 39.3 Å². The van der Waals surface area contributed by atoms with E-state index in [1.54, 1.807) is 0 Å². The molecule has 0 amide bonds. The molecule has 114 valence electrons. The average Bonchev–Trinajstić information content (AvgIpc) is 2.46. The molecule has 0 aromatic heterocycles. The topological polar surface area (TPSA) is 42.3 Å². The summed E-state index contributed by atoms with van der Waals surface area (Å²) in [6, 6.07) is 11.2. The maximum atomic E-state index is 9.46. The highest BCUT2D eigenvalue weighted by atomic mass is 15.2. The van der Waals surface area contributed by atoms with Gasteiger partial charge in [-0.25, -0.2) is 0 Å². The number of nitrogens with one attached hydrogen (secondary N) is 1. The van der Waals surface area contributed by atoms with Gasteiger partial charge in [0, 0.05) is 32.7 Å². The predicted molar refractivity (Wildman–Crippen MR) is 88.8 cm³/mol. The molecule has 0 aliphatic carbocycles. The van der Waals surface area contributed by atoms with Gasteiger partial charge >= 0.3 is 0 Å². The van der Waals surface area contributed by atoms with Crippen molar-refractivity contribution >= 4 is 11.4 Å². The van der Waals surface area contributed by atoms with E-state index < -0.39 is 5.54 Å². The number of hydrogen-bond donors (Lipinski definition) is 1. The molecule has 0 saturated carbocycles. The van der Waals surface area contributed by atoms with Crippen LogP contribution >= 0.6 is 0 Å². The monoisotopic (exact) mass is 286 g/mol. The van der Waals surface area contributed by atoms with Crippen molar-refractivity contribution in [3.8, 4) is 6.07 Å².